The fourth-order valence-electron chi connectivity index (χ4n) is 1.82. The summed E-state index contributed by atoms with van der Waals surface area (Å²) in [5, 5.41) is 3.03. The average Bonchev–Trinajstić information content (AvgIpc) is 2.46. The fraction of sp³-hybridized carbons (Fsp3) is 0.214. The minimum Gasteiger partial charge on any atom is -0.313 e. The largest absolute Gasteiger partial charge is 0.313 e. The SMILES string of the molecule is CCNCc1ccc(F)cc1S(=O)(=O)Nc1cccnc1. The van der Waals surface area contributed by atoms with E-state index in [1.165, 1.54) is 24.5 Å². The Morgan fingerprint density at radius 1 is 1.29 bits per heavy atom. The molecule has 0 saturated heterocycles. The van der Waals surface area contributed by atoms with Crippen molar-refractivity contribution in [1.29, 1.82) is 0 Å². The van der Waals surface area contributed by atoms with Gasteiger partial charge in [-0.3, -0.25) is 9.71 Å². The van der Waals surface area contributed by atoms with E-state index in [4.69, 9.17) is 0 Å². The molecule has 0 fully saturated rings. The van der Waals surface area contributed by atoms with Gasteiger partial charge >= 0.3 is 0 Å². The lowest BCUT2D eigenvalue weighted by molar-refractivity contribution is 0.590. The van der Waals surface area contributed by atoms with Crippen LogP contribution in [0.25, 0.3) is 0 Å². The van der Waals surface area contributed by atoms with E-state index in [-0.39, 0.29) is 4.90 Å². The summed E-state index contributed by atoms with van der Waals surface area (Å²) in [5.41, 5.74) is 0.839. The molecule has 0 spiro atoms. The molecule has 2 N–H and O–H groups in total. The zero-order chi connectivity index (χ0) is 15.3. The van der Waals surface area contributed by atoms with E-state index in [1.54, 1.807) is 12.1 Å². The fourth-order valence-corrected chi connectivity index (χ4v) is 3.11. The first-order valence-electron chi connectivity index (χ1n) is 6.45. The molecule has 0 unspecified atom stereocenters. The van der Waals surface area contributed by atoms with Crippen LogP contribution in [0.4, 0.5) is 10.1 Å². The Bertz CT molecular complexity index is 705. The molecule has 2 aromatic rings. The van der Waals surface area contributed by atoms with Gasteiger partial charge in [0, 0.05) is 12.7 Å². The van der Waals surface area contributed by atoms with E-state index >= 15 is 0 Å². The molecule has 2 rings (SSSR count). The van der Waals surface area contributed by atoms with Gasteiger partial charge in [0.1, 0.15) is 5.82 Å². The van der Waals surface area contributed by atoms with Crippen molar-refractivity contribution in [2.24, 2.45) is 0 Å². The van der Waals surface area contributed by atoms with Gasteiger partial charge < -0.3 is 5.32 Å². The van der Waals surface area contributed by atoms with E-state index in [9.17, 15) is 12.8 Å². The van der Waals surface area contributed by atoms with Crippen LogP contribution in [0.2, 0.25) is 0 Å². The minimum atomic E-state index is -3.87. The molecule has 0 aliphatic heterocycles. The third-order valence-electron chi connectivity index (χ3n) is 2.80. The Morgan fingerprint density at radius 3 is 2.76 bits per heavy atom. The summed E-state index contributed by atoms with van der Waals surface area (Å²) < 4.78 is 40.6. The number of pyridine rings is 1. The second-order valence-corrected chi connectivity index (χ2v) is 6.03. The molecule has 0 aliphatic carbocycles. The number of nitrogens with one attached hydrogen (secondary N) is 2. The van der Waals surface area contributed by atoms with Gasteiger partial charge in [-0.25, -0.2) is 12.8 Å². The molecule has 0 saturated carbocycles. The lowest BCUT2D eigenvalue weighted by Crippen LogP contribution is -2.19. The topological polar surface area (TPSA) is 71.1 Å². The van der Waals surface area contributed by atoms with Gasteiger partial charge in [0.2, 0.25) is 0 Å². The molecule has 1 aromatic heterocycles. The van der Waals surface area contributed by atoms with Crippen molar-refractivity contribution in [3.63, 3.8) is 0 Å². The van der Waals surface area contributed by atoms with Crippen LogP contribution in [0, 0.1) is 5.82 Å². The molecule has 0 radical (unpaired) electrons. The molecule has 1 heterocycles. The number of halogens is 1. The highest BCUT2D eigenvalue weighted by Gasteiger charge is 2.19. The Morgan fingerprint density at radius 2 is 2.10 bits per heavy atom. The maximum Gasteiger partial charge on any atom is 0.262 e. The van der Waals surface area contributed by atoms with Crippen LogP contribution in [-0.4, -0.2) is 19.9 Å². The lowest BCUT2D eigenvalue weighted by atomic mass is 10.2. The molecule has 0 atom stereocenters. The molecule has 0 bridgehead atoms. The van der Waals surface area contributed by atoms with Gasteiger partial charge in [0.25, 0.3) is 10.0 Å². The molecular formula is C14H16FN3O2S. The Kier molecular flexibility index (Phi) is 4.87. The van der Waals surface area contributed by atoms with Gasteiger partial charge in [-0.05, 0) is 36.4 Å². The first-order valence-corrected chi connectivity index (χ1v) is 7.93. The average molecular weight is 309 g/mol. The summed E-state index contributed by atoms with van der Waals surface area (Å²) in [6, 6.07) is 6.92. The smallest absolute Gasteiger partial charge is 0.262 e. The molecule has 0 amide bonds. The quantitative estimate of drug-likeness (QED) is 0.857. The van der Waals surface area contributed by atoms with E-state index in [1.807, 2.05) is 6.92 Å². The second-order valence-electron chi connectivity index (χ2n) is 4.38. The maximum absolute atomic E-state index is 13.4. The molecular weight excluding hydrogens is 293 g/mol. The summed E-state index contributed by atoms with van der Waals surface area (Å²) >= 11 is 0. The van der Waals surface area contributed by atoms with Crippen molar-refractivity contribution in [3.05, 3.63) is 54.1 Å². The van der Waals surface area contributed by atoms with E-state index in [2.05, 4.69) is 15.0 Å². The van der Waals surface area contributed by atoms with Gasteiger partial charge in [0.05, 0.1) is 16.8 Å². The predicted molar refractivity (Wildman–Crippen MR) is 78.8 cm³/mol. The highest BCUT2D eigenvalue weighted by molar-refractivity contribution is 7.92. The third-order valence-corrected chi connectivity index (χ3v) is 4.26. The number of hydrogen-bond acceptors (Lipinski definition) is 4. The van der Waals surface area contributed by atoms with Crippen molar-refractivity contribution in [3.8, 4) is 0 Å². The maximum atomic E-state index is 13.4. The minimum absolute atomic E-state index is 0.0766. The van der Waals surface area contributed by atoms with Gasteiger partial charge in [0.15, 0.2) is 0 Å². The van der Waals surface area contributed by atoms with Crippen molar-refractivity contribution < 1.29 is 12.8 Å². The van der Waals surface area contributed by atoms with Crippen molar-refractivity contribution in [1.82, 2.24) is 10.3 Å². The molecule has 5 nitrogen and oxygen atoms in total. The van der Waals surface area contributed by atoms with Gasteiger partial charge in [-0.1, -0.05) is 13.0 Å². The van der Waals surface area contributed by atoms with Gasteiger partial charge in [-0.2, -0.15) is 0 Å². The highest BCUT2D eigenvalue weighted by Crippen LogP contribution is 2.20. The van der Waals surface area contributed by atoms with Crippen LogP contribution in [0.3, 0.4) is 0 Å². The molecule has 21 heavy (non-hydrogen) atoms. The first kappa shape index (κ1) is 15.4. The van der Waals surface area contributed by atoms with Crippen LogP contribution in [-0.2, 0) is 16.6 Å². The van der Waals surface area contributed by atoms with E-state index in [0.717, 1.165) is 6.07 Å². The summed E-state index contributed by atoms with van der Waals surface area (Å²) in [7, 11) is -3.87. The molecule has 112 valence electrons. The second kappa shape index (κ2) is 6.64. The van der Waals surface area contributed by atoms with Crippen LogP contribution < -0.4 is 10.0 Å². The summed E-state index contributed by atoms with van der Waals surface area (Å²) in [6.07, 6.45) is 2.93. The van der Waals surface area contributed by atoms with E-state index < -0.39 is 15.8 Å². The number of hydrogen-bond donors (Lipinski definition) is 2. The summed E-state index contributed by atoms with van der Waals surface area (Å²) in [6.45, 7) is 2.94. The monoisotopic (exact) mass is 309 g/mol. The zero-order valence-corrected chi connectivity index (χ0v) is 12.3. The van der Waals surface area contributed by atoms with Crippen molar-refractivity contribution >= 4 is 15.7 Å². The predicted octanol–water partition coefficient (Wildman–Crippen LogP) is 2.13. The van der Waals surface area contributed by atoms with Crippen molar-refractivity contribution in [2.45, 2.75) is 18.4 Å². The van der Waals surface area contributed by atoms with Crippen molar-refractivity contribution in [2.75, 3.05) is 11.3 Å². The molecule has 7 heteroatoms. The number of aromatic nitrogens is 1. The van der Waals surface area contributed by atoms with E-state index in [0.29, 0.717) is 24.3 Å². The van der Waals surface area contributed by atoms with Crippen LogP contribution >= 0.6 is 0 Å². The molecule has 1 aromatic carbocycles. The van der Waals surface area contributed by atoms with Crippen LogP contribution in [0.5, 0.6) is 0 Å². The first-order chi connectivity index (χ1) is 10.0. The summed E-state index contributed by atoms with van der Waals surface area (Å²) in [4.78, 5) is 3.76. The zero-order valence-electron chi connectivity index (χ0n) is 11.5. The standard InChI is InChI=1S/C14H16FN3O2S/c1-2-16-9-11-5-6-12(15)8-14(11)21(19,20)18-13-4-3-7-17-10-13/h3-8,10,16,18H,2,9H2,1H3. The number of rotatable bonds is 6. The number of anilines is 1. The number of nitrogens with zero attached hydrogens (tertiary/aromatic N) is 1. The Hall–Kier alpha value is -1.99. The lowest BCUT2D eigenvalue weighted by Gasteiger charge is -2.12. The normalized spacial score (nSPS) is 11.3. The number of sulfonamides is 1. The third kappa shape index (κ3) is 3.99. The Balaban J connectivity index is 2.36. The summed E-state index contributed by atoms with van der Waals surface area (Å²) in [5.74, 6) is -0.596. The van der Waals surface area contributed by atoms with Gasteiger partial charge in [-0.15, -0.1) is 0 Å². The van der Waals surface area contributed by atoms with Crippen LogP contribution in [0.15, 0.2) is 47.6 Å². The van der Waals surface area contributed by atoms with Crippen LogP contribution in [0.1, 0.15) is 12.5 Å². The highest BCUT2D eigenvalue weighted by atomic mass is 32.2. The number of benzene rings is 1. The Labute approximate surface area is 123 Å². The molecule has 0 aliphatic rings.